The zero-order valence-corrected chi connectivity index (χ0v) is 12.9. The molecule has 2 aliphatic heterocycles. The van der Waals surface area contributed by atoms with Crippen LogP contribution in [0.3, 0.4) is 0 Å². The molecule has 1 fully saturated rings. The summed E-state index contributed by atoms with van der Waals surface area (Å²) in [6.45, 7) is 2.39. The SMILES string of the molecule is C[C@@H]1C[C@H]2O[C@@H]2/C=C(O)/C=C(/O)C(=O)Cc2ccccc2CO1. The smallest absolute Gasteiger partial charge is 0.201 e. The number of Topliss-reactive ketones (excluding diaryl/α,β-unsaturated/α-hetero) is 1. The monoisotopic (exact) mass is 316 g/mol. The van der Waals surface area contributed by atoms with E-state index in [4.69, 9.17) is 9.47 Å². The maximum absolute atomic E-state index is 12.1. The fourth-order valence-electron chi connectivity index (χ4n) is 2.69. The molecule has 1 aromatic rings. The zero-order chi connectivity index (χ0) is 16.4. The van der Waals surface area contributed by atoms with Crippen molar-refractivity contribution < 1.29 is 24.5 Å². The van der Waals surface area contributed by atoms with Crippen molar-refractivity contribution in [1.29, 1.82) is 0 Å². The highest BCUT2D eigenvalue weighted by atomic mass is 16.6. The molecular weight excluding hydrogens is 296 g/mol. The molecule has 23 heavy (non-hydrogen) atoms. The summed E-state index contributed by atoms with van der Waals surface area (Å²) in [5, 5.41) is 19.7. The largest absolute Gasteiger partial charge is 0.508 e. The number of hydrogen-bond acceptors (Lipinski definition) is 5. The van der Waals surface area contributed by atoms with Crippen molar-refractivity contribution in [2.45, 2.75) is 44.7 Å². The van der Waals surface area contributed by atoms with Crippen LogP contribution in [0.1, 0.15) is 24.5 Å². The maximum atomic E-state index is 12.1. The first kappa shape index (κ1) is 15.8. The van der Waals surface area contributed by atoms with Gasteiger partial charge in [-0.25, -0.2) is 0 Å². The lowest BCUT2D eigenvalue weighted by Gasteiger charge is -2.14. The van der Waals surface area contributed by atoms with Gasteiger partial charge >= 0.3 is 0 Å². The van der Waals surface area contributed by atoms with Gasteiger partial charge in [0, 0.05) is 18.9 Å². The van der Waals surface area contributed by atoms with Crippen molar-refractivity contribution in [1.82, 2.24) is 0 Å². The summed E-state index contributed by atoms with van der Waals surface area (Å²) >= 11 is 0. The van der Waals surface area contributed by atoms with Crippen molar-refractivity contribution >= 4 is 5.78 Å². The second kappa shape index (κ2) is 6.56. The fraction of sp³-hybridized carbons (Fsp3) is 0.389. The second-order valence-electron chi connectivity index (χ2n) is 5.99. The van der Waals surface area contributed by atoms with Gasteiger partial charge in [-0.05, 0) is 24.1 Å². The van der Waals surface area contributed by atoms with Crippen LogP contribution in [0.15, 0.2) is 47.9 Å². The zero-order valence-electron chi connectivity index (χ0n) is 12.9. The third-order valence-corrected chi connectivity index (χ3v) is 4.08. The van der Waals surface area contributed by atoms with E-state index in [-0.39, 0.29) is 30.5 Å². The number of fused-ring (bicyclic) bond motifs is 2. The van der Waals surface area contributed by atoms with Crippen LogP contribution in [0, 0.1) is 0 Å². The lowest BCUT2D eigenvalue weighted by atomic mass is 10.0. The van der Waals surface area contributed by atoms with Gasteiger partial charge in [-0.1, -0.05) is 24.3 Å². The second-order valence-corrected chi connectivity index (χ2v) is 5.99. The number of benzene rings is 1. The number of ether oxygens (including phenoxy) is 2. The predicted octanol–water partition coefficient (Wildman–Crippen LogP) is 2.76. The van der Waals surface area contributed by atoms with Gasteiger partial charge in [0.15, 0.2) is 5.76 Å². The fourth-order valence-corrected chi connectivity index (χ4v) is 2.69. The van der Waals surface area contributed by atoms with Crippen LogP contribution in [0.5, 0.6) is 0 Å². The van der Waals surface area contributed by atoms with Gasteiger partial charge in [0.2, 0.25) is 5.78 Å². The Morgan fingerprint density at radius 1 is 1.17 bits per heavy atom. The third kappa shape index (κ3) is 4.00. The lowest BCUT2D eigenvalue weighted by Crippen LogP contribution is -2.14. The Bertz CT molecular complexity index is 661. The lowest BCUT2D eigenvalue weighted by molar-refractivity contribution is -0.117. The molecule has 5 nitrogen and oxygen atoms in total. The van der Waals surface area contributed by atoms with E-state index in [9.17, 15) is 15.0 Å². The topological polar surface area (TPSA) is 79.3 Å². The minimum atomic E-state index is -0.461. The average molecular weight is 316 g/mol. The molecular formula is C18H20O5. The van der Waals surface area contributed by atoms with E-state index in [1.54, 1.807) is 0 Å². The standard InChI is InChI=1S/C18H20O5/c1-11-6-17-18(23-17)9-14(19)8-16(21)15(20)7-12-4-2-3-5-13(12)10-22-11/h2-5,8-9,11,17-19,21H,6-7,10H2,1H3/b14-9-,16-8+/t11-,17-,18-/m1/s1. The first-order valence-corrected chi connectivity index (χ1v) is 7.71. The third-order valence-electron chi connectivity index (χ3n) is 4.08. The van der Waals surface area contributed by atoms with Gasteiger partial charge in [-0.3, -0.25) is 4.79 Å². The summed E-state index contributed by atoms with van der Waals surface area (Å²) in [5.41, 5.74) is 1.73. The number of carbonyl (C=O) groups is 1. The molecule has 1 aromatic carbocycles. The normalized spacial score (nSPS) is 33.3. The molecule has 5 heteroatoms. The number of epoxide rings is 1. The van der Waals surface area contributed by atoms with Crippen LogP contribution in [0.2, 0.25) is 0 Å². The summed E-state index contributed by atoms with van der Waals surface area (Å²) in [7, 11) is 0. The molecule has 122 valence electrons. The minimum Gasteiger partial charge on any atom is -0.508 e. The Kier molecular flexibility index (Phi) is 4.50. The molecule has 2 N–H and O–H groups in total. The molecule has 0 unspecified atom stereocenters. The van der Waals surface area contributed by atoms with Crippen LogP contribution in [0.4, 0.5) is 0 Å². The average Bonchev–Trinajstić information content (AvgIpc) is 3.22. The summed E-state index contributed by atoms with van der Waals surface area (Å²) < 4.78 is 11.3. The molecule has 3 atom stereocenters. The van der Waals surface area contributed by atoms with E-state index >= 15 is 0 Å². The summed E-state index contributed by atoms with van der Waals surface area (Å²) in [6, 6.07) is 7.50. The first-order chi connectivity index (χ1) is 11.0. The molecule has 0 amide bonds. The Morgan fingerprint density at radius 2 is 1.91 bits per heavy atom. The highest BCUT2D eigenvalue weighted by Crippen LogP contribution is 2.30. The van der Waals surface area contributed by atoms with Gasteiger partial charge in [0.1, 0.15) is 11.9 Å². The van der Waals surface area contributed by atoms with Crippen LogP contribution in [0.25, 0.3) is 0 Å². The summed E-state index contributed by atoms with van der Waals surface area (Å²) in [6.07, 6.45) is 3.18. The number of allylic oxidation sites excluding steroid dienone is 2. The summed E-state index contributed by atoms with van der Waals surface area (Å²) in [5.74, 6) is -1.07. The van der Waals surface area contributed by atoms with Gasteiger partial charge < -0.3 is 19.7 Å². The van der Waals surface area contributed by atoms with Crippen molar-refractivity contribution in [2.24, 2.45) is 0 Å². The van der Waals surface area contributed by atoms with Gasteiger partial charge in [-0.2, -0.15) is 0 Å². The van der Waals surface area contributed by atoms with Gasteiger partial charge in [-0.15, -0.1) is 0 Å². The Balaban J connectivity index is 1.88. The van der Waals surface area contributed by atoms with Crippen molar-refractivity contribution in [2.75, 3.05) is 0 Å². The number of rotatable bonds is 0. The molecule has 2 aliphatic rings. The van der Waals surface area contributed by atoms with E-state index in [2.05, 4.69) is 0 Å². The van der Waals surface area contributed by atoms with Crippen molar-refractivity contribution in [3.63, 3.8) is 0 Å². The Hall–Kier alpha value is -2.11. The van der Waals surface area contributed by atoms with E-state index < -0.39 is 11.5 Å². The molecule has 0 radical (unpaired) electrons. The molecule has 1 saturated heterocycles. The van der Waals surface area contributed by atoms with Gasteiger partial charge in [0.25, 0.3) is 0 Å². The number of carbonyl (C=O) groups excluding carboxylic acids is 1. The number of hydrogen-bond donors (Lipinski definition) is 2. The van der Waals surface area contributed by atoms with Crippen LogP contribution in [-0.2, 0) is 27.3 Å². The Morgan fingerprint density at radius 3 is 2.70 bits per heavy atom. The quantitative estimate of drug-likeness (QED) is 0.720. The molecule has 2 heterocycles. The Labute approximate surface area is 134 Å². The van der Waals surface area contributed by atoms with E-state index in [0.717, 1.165) is 23.6 Å². The van der Waals surface area contributed by atoms with Crippen LogP contribution < -0.4 is 0 Å². The minimum absolute atomic E-state index is 0.00317. The molecule has 0 spiro atoms. The van der Waals surface area contributed by atoms with Crippen molar-refractivity contribution in [3.8, 4) is 0 Å². The maximum Gasteiger partial charge on any atom is 0.201 e. The first-order valence-electron chi connectivity index (χ1n) is 7.71. The molecule has 3 rings (SSSR count). The van der Waals surface area contributed by atoms with Crippen molar-refractivity contribution in [3.05, 3.63) is 59.1 Å². The molecule has 0 bridgehead atoms. The van der Waals surface area contributed by atoms with Gasteiger partial charge in [0.05, 0.1) is 18.8 Å². The van der Waals surface area contributed by atoms with Crippen LogP contribution >= 0.6 is 0 Å². The highest BCUT2D eigenvalue weighted by molar-refractivity contribution is 5.95. The number of ketones is 1. The van der Waals surface area contributed by atoms with E-state index in [1.807, 2.05) is 31.2 Å². The van der Waals surface area contributed by atoms with Crippen LogP contribution in [-0.4, -0.2) is 34.3 Å². The van der Waals surface area contributed by atoms with E-state index in [1.165, 1.54) is 6.08 Å². The molecule has 0 aromatic heterocycles. The van der Waals surface area contributed by atoms with E-state index in [0.29, 0.717) is 6.61 Å². The number of aliphatic hydroxyl groups excluding tert-OH is 2. The highest BCUT2D eigenvalue weighted by Gasteiger charge is 2.38. The number of aliphatic hydroxyl groups is 2. The molecule has 0 saturated carbocycles. The summed E-state index contributed by atoms with van der Waals surface area (Å²) in [4.78, 5) is 12.1. The molecule has 0 aliphatic carbocycles. The predicted molar refractivity (Wildman–Crippen MR) is 84.1 cm³/mol.